The molecule has 0 N–H and O–H groups in total. The normalized spacial score (nSPS) is 14.7. The predicted molar refractivity (Wildman–Crippen MR) is 71.6 cm³/mol. The van der Waals surface area contributed by atoms with Gasteiger partial charge in [0.1, 0.15) is 0 Å². The van der Waals surface area contributed by atoms with Crippen LogP contribution in [0.4, 0.5) is 0 Å². The molecule has 0 amide bonds. The van der Waals surface area contributed by atoms with Crippen LogP contribution in [-0.4, -0.2) is 6.54 Å². The largest absolute Gasteiger partial charge is 0.151 e. The minimum atomic E-state index is 0.472. The number of hydrogen-bond acceptors (Lipinski definition) is 2. The fraction of sp³-hybridized carbons (Fsp3) is 1.00. The van der Waals surface area contributed by atoms with E-state index in [1.54, 1.807) is 0 Å². The van der Waals surface area contributed by atoms with Gasteiger partial charge in [-0.05, 0) is 18.3 Å². The minimum absolute atomic E-state index is 0.472. The highest BCUT2D eigenvalue weighted by Gasteiger charge is 2.06. The lowest BCUT2D eigenvalue weighted by Gasteiger charge is -2.13. The van der Waals surface area contributed by atoms with E-state index in [1.165, 1.54) is 44.9 Å². The number of nitrogens with zero attached hydrogens (tertiary/aromatic N) is 1. The highest BCUT2D eigenvalue weighted by molar-refractivity contribution is 4.60. The average Bonchev–Trinajstić information content (AvgIpc) is 2.26. The zero-order valence-electron chi connectivity index (χ0n) is 11.4. The van der Waals surface area contributed by atoms with Crippen molar-refractivity contribution in [3.63, 3.8) is 0 Å². The SMILES string of the molecule is CCCCCCCC(C)CCC(C)CN=O. The fourth-order valence-electron chi connectivity index (χ4n) is 2.03. The van der Waals surface area contributed by atoms with Crippen molar-refractivity contribution in [1.82, 2.24) is 0 Å². The standard InChI is InChI=1S/C14H29NO/c1-4-5-6-7-8-9-13(2)10-11-14(3)12-15-16/h13-14H,4-12H2,1-3H3. The van der Waals surface area contributed by atoms with Crippen LogP contribution in [0.15, 0.2) is 5.18 Å². The molecule has 0 bridgehead atoms. The number of unbranched alkanes of at least 4 members (excludes halogenated alkanes) is 4. The summed E-state index contributed by atoms with van der Waals surface area (Å²) < 4.78 is 0. The van der Waals surface area contributed by atoms with Crippen LogP contribution < -0.4 is 0 Å². The maximum absolute atomic E-state index is 10.1. The summed E-state index contributed by atoms with van der Waals surface area (Å²) in [5, 5.41) is 2.96. The second-order valence-electron chi connectivity index (χ2n) is 5.30. The van der Waals surface area contributed by atoms with Crippen molar-refractivity contribution >= 4 is 0 Å². The molecule has 0 rings (SSSR count). The Bertz CT molecular complexity index is 159. The molecule has 0 aliphatic carbocycles. The molecule has 0 aliphatic rings. The Morgan fingerprint density at radius 2 is 1.50 bits per heavy atom. The molecule has 2 heteroatoms. The van der Waals surface area contributed by atoms with E-state index < -0.39 is 0 Å². The molecule has 2 atom stereocenters. The van der Waals surface area contributed by atoms with Gasteiger partial charge in [-0.15, -0.1) is 0 Å². The molecule has 2 unspecified atom stereocenters. The Kier molecular flexibility index (Phi) is 10.8. The van der Waals surface area contributed by atoms with E-state index in [0.717, 1.165) is 12.3 Å². The molecule has 96 valence electrons. The first kappa shape index (κ1) is 15.6. The van der Waals surface area contributed by atoms with Gasteiger partial charge in [-0.25, -0.2) is 0 Å². The first-order valence-corrected chi connectivity index (χ1v) is 6.99. The van der Waals surface area contributed by atoms with E-state index >= 15 is 0 Å². The monoisotopic (exact) mass is 227 g/mol. The third-order valence-electron chi connectivity index (χ3n) is 3.34. The first-order valence-electron chi connectivity index (χ1n) is 6.99. The van der Waals surface area contributed by atoms with Gasteiger partial charge in [-0.3, -0.25) is 0 Å². The molecule has 0 fully saturated rings. The van der Waals surface area contributed by atoms with Gasteiger partial charge in [0, 0.05) is 0 Å². The minimum Gasteiger partial charge on any atom is -0.151 e. The van der Waals surface area contributed by atoms with E-state index in [-0.39, 0.29) is 0 Å². The van der Waals surface area contributed by atoms with Gasteiger partial charge in [0.2, 0.25) is 0 Å². The van der Waals surface area contributed by atoms with Gasteiger partial charge >= 0.3 is 0 Å². The quantitative estimate of drug-likeness (QED) is 0.354. The van der Waals surface area contributed by atoms with Crippen molar-refractivity contribution in [1.29, 1.82) is 0 Å². The molecule has 0 saturated carbocycles. The molecule has 0 spiro atoms. The van der Waals surface area contributed by atoms with Crippen molar-refractivity contribution in [2.24, 2.45) is 17.0 Å². The molecular formula is C14H29NO. The zero-order chi connectivity index (χ0) is 12.2. The van der Waals surface area contributed by atoms with Gasteiger partial charge in [-0.2, -0.15) is 4.91 Å². The van der Waals surface area contributed by atoms with Crippen LogP contribution in [0.5, 0.6) is 0 Å². The molecule has 0 radical (unpaired) electrons. The molecule has 0 heterocycles. The van der Waals surface area contributed by atoms with Gasteiger partial charge in [0.15, 0.2) is 0 Å². The molecular weight excluding hydrogens is 198 g/mol. The lowest BCUT2D eigenvalue weighted by Crippen LogP contribution is -2.03. The van der Waals surface area contributed by atoms with Crippen LogP contribution in [0.3, 0.4) is 0 Å². The van der Waals surface area contributed by atoms with Crippen LogP contribution in [-0.2, 0) is 0 Å². The van der Waals surface area contributed by atoms with E-state index in [4.69, 9.17) is 0 Å². The highest BCUT2D eigenvalue weighted by Crippen LogP contribution is 2.18. The maximum Gasteiger partial charge on any atom is 0.0836 e. The third-order valence-corrected chi connectivity index (χ3v) is 3.34. The van der Waals surface area contributed by atoms with Gasteiger partial charge < -0.3 is 0 Å². The van der Waals surface area contributed by atoms with Crippen LogP contribution in [0.2, 0.25) is 0 Å². The Hall–Kier alpha value is -0.400. The lowest BCUT2D eigenvalue weighted by molar-refractivity contribution is 0.402. The fourth-order valence-corrected chi connectivity index (χ4v) is 2.03. The Balaban J connectivity index is 3.30. The first-order chi connectivity index (χ1) is 7.70. The smallest absolute Gasteiger partial charge is 0.0836 e. The second-order valence-corrected chi connectivity index (χ2v) is 5.30. The summed E-state index contributed by atoms with van der Waals surface area (Å²) in [5.41, 5.74) is 0. The summed E-state index contributed by atoms with van der Waals surface area (Å²) in [7, 11) is 0. The van der Waals surface area contributed by atoms with Crippen LogP contribution in [0.25, 0.3) is 0 Å². The van der Waals surface area contributed by atoms with Crippen molar-refractivity contribution < 1.29 is 0 Å². The van der Waals surface area contributed by atoms with E-state index in [9.17, 15) is 4.91 Å². The maximum atomic E-state index is 10.1. The summed E-state index contributed by atoms with van der Waals surface area (Å²) in [6.07, 6.45) is 10.6. The molecule has 0 aromatic heterocycles. The van der Waals surface area contributed by atoms with Crippen molar-refractivity contribution in [3.8, 4) is 0 Å². The van der Waals surface area contributed by atoms with Crippen molar-refractivity contribution in [3.05, 3.63) is 4.91 Å². The van der Waals surface area contributed by atoms with Gasteiger partial charge in [0.05, 0.1) is 6.54 Å². The highest BCUT2D eigenvalue weighted by atomic mass is 16.3. The summed E-state index contributed by atoms with van der Waals surface area (Å²) in [6.45, 7) is 7.20. The third kappa shape index (κ3) is 10.1. The van der Waals surface area contributed by atoms with Gasteiger partial charge in [0.25, 0.3) is 0 Å². The van der Waals surface area contributed by atoms with Crippen molar-refractivity contribution in [2.75, 3.05) is 6.54 Å². The Morgan fingerprint density at radius 1 is 0.875 bits per heavy atom. The summed E-state index contributed by atoms with van der Waals surface area (Å²) >= 11 is 0. The Morgan fingerprint density at radius 3 is 2.12 bits per heavy atom. The second kappa shape index (κ2) is 11.1. The number of hydrogen-bond donors (Lipinski definition) is 0. The number of rotatable bonds is 11. The van der Waals surface area contributed by atoms with E-state index in [2.05, 4.69) is 25.9 Å². The molecule has 0 aromatic rings. The van der Waals surface area contributed by atoms with Crippen molar-refractivity contribution in [2.45, 2.75) is 72.1 Å². The molecule has 2 nitrogen and oxygen atoms in total. The summed E-state index contributed by atoms with van der Waals surface area (Å²) in [5.74, 6) is 1.29. The van der Waals surface area contributed by atoms with Gasteiger partial charge in [-0.1, -0.05) is 70.9 Å². The van der Waals surface area contributed by atoms with Crippen LogP contribution in [0.1, 0.15) is 72.1 Å². The van der Waals surface area contributed by atoms with E-state index in [0.29, 0.717) is 12.5 Å². The molecule has 0 aliphatic heterocycles. The molecule has 0 saturated heterocycles. The lowest BCUT2D eigenvalue weighted by atomic mass is 9.94. The Labute approximate surface area is 101 Å². The zero-order valence-corrected chi connectivity index (χ0v) is 11.4. The topological polar surface area (TPSA) is 29.4 Å². The molecule has 0 aromatic carbocycles. The average molecular weight is 227 g/mol. The van der Waals surface area contributed by atoms with Crippen LogP contribution >= 0.6 is 0 Å². The molecule has 16 heavy (non-hydrogen) atoms. The number of nitroso groups, excluding NO2 is 1. The summed E-state index contributed by atoms with van der Waals surface area (Å²) in [4.78, 5) is 10.1. The van der Waals surface area contributed by atoms with Crippen LogP contribution in [0, 0.1) is 16.7 Å². The van der Waals surface area contributed by atoms with E-state index in [1.807, 2.05) is 0 Å². The predicted octanol–water partition coefficient (Wildman–Crippen LogP) is 5.17. The summed E-state index contributed by atoms with van der Waals surface area (Å²) in [6, 6.07) is 0.